The second kappa shape index (κ2) is 5.92. The van der Waals surface area contributed by atoms with Crippen molar-refractivity contribution in [3.63, 3.8) is 0 Å². The molecule has 0 aliphatic heterocycles. The van der Waals surface area contributed by atoms with Gasteiger partial charge in [0.15, 0.2) is 0 Å². The molecule has 3 aromatic rings. The zero-order chi connectivity index (χ0) is 15.4. The van der Waals surface area contributed by atoms with Gasteiger partial charge in [0.05, 0.1) is 12.4 Å². The number of carbonyl (C=O) groups excluding carboxylic acids is 2. The zero-order valence-corrected chi connectivity index (χ0v) is 11.1. The fourth-order valence-corrected chi connectivity index (χ4v) is 1.71. The number of aromatic nitrogens is 2. The van der Waals surface area contributed by atoms with Gasteiger partial charge in [0.25, 0.3) is 11.8 Å². The lowest BCUT2D eigenvalue weighted by Gasteiger charge is -2.06. The molecule has 0 unspecified atom stereocenters. The van der Waals surface area contributed by atoms with E-state index in [-0.39, 0.29) is 11.8 Å². The highest BCUT2D eigenvalue weighted by Crippen LogP contribution is 2.16. The SMILES string of the molecule is O=C(Nc1cccc(NC(=O)c2ncco2)c1)c1ncco1. The van der Waals surface area contributed by atoms with Gasteiger partial charge in [-0.1, -0.05) is 6.07 Å². The molecular formula is C14H10N4O4. The van der Waals surface area contributed by atoms with Crippen molar-refractivity contribution in [2.24, 2.45) is 0 Å². The van der Waals surface area contributed by atoms with Crippen LogP contribution >= 0.6 is 0 Å². The summed E-state index contributed by atoms with van der Waals surface area (Å²) in [5.41, 5.74) is 0.960. The minimum absolute atomic E-state index is 0.0470. The van der Waals surface area contributed by atoms with Gasteiger partial charge in [-0.15, -0.1) is 0 Å². The normalized spacial score (nSPS) is 10.2. The van der Waals surface area contributed by atoms with Crippen LogP contribution in [0, 0.1) is 0 Å². The van der Waals surface area contributed by atoms with E-state index in [1.54, 1.807) is 24.3 Å². The van der Waals surface area contributed by atoms with Crippen LogP contribution in [0.2, 0.25) is 0 Å². The van der Waals surface area contributed by atoms with Gasteiger partial charge in [-0.2, -0.15) is 0 Å². The van der Waals surface area contributed by atoms with Crippen molar-refractivity contribution in [2.75, 3.05) is 10.6 Å². The molecule has 8 nitrogen and oxygen atoms in total. The van der Waals surface area contributed by atoms with Crippen molar-refractivity contribution < 1.29 is 18.4 Å². The molecule has 0 saturated heterocycles. The summed E-state index contributed by atoms with van der Waals surface area (Å²) in [6.45, 7) is 0. The van der Waals surface area contributed by atoms with Crippen LogP contribution in [0.4, 0.5) is 11.4 Å². The number of amides is 2. The minimum atomic E-state index is -0.485. The zero-order valence-electron chi connectivity index (χ0n) is 11.1. The predicted octanol–water partition coefficient (Wildman–Crippen LogP) is 2.17. The molecule has 0 aliphatic rings. The first-order valence-corrected chi connectivity index (χ1v) is 6.24. The van der Waals surface area contributed by atoms with Crippen molar-refractivity contribution in [3.8, 4) is 0 Å². The van der Waals surface area contributed by atoms with Crippen LogP contribution in [0.1, 0.15) is 21.4 Å². The maximum absolute atomic E-state index is 11.8. The number of hydrogen-bond acceptors (Lipinski definition) is 6. The Morgan fingerprint density at radius 3 is 1.77 bits per heavy atom. The lowest BCUT2D eigenvalue weighted by molar-refractivity contribution is 0.0984. The first-order valence-electron chi connectivity index (χ1n) is 6.24. The highest BCUT2D eigenvalue weighted by Gasteiger charge is 2.13. The Labute approximate surface area is 124 Å². The summed E-state index contributed by atoms with van der Waals surface area (Å²) in [6.07, 6.45) is 5.37. The van der Waals surface area contributed by atoms with E-state index in [0.29, 0.717) is 11.4 Å². The molecule has 22 heavy (non-hydrogen) atoms. The summed E-state index contributed by atoms with van der Waals surface area (Å²) in [5.74, 6) is -1.06. The number of rotatable bonds is 4. The van der Waals surface area contributed by atoms with E-state index < -0.39 is 11.8 Å². The molecule has 3 rings (SSSR count). The summed E-state index contributed by atoms with van der Waals surface area (Å²) >= 11 is 0. The minimum Gasteiger partial charge on any atom is -0.441 e. The quantitative estimate of drug-likeness (QED) is 0.763. The highest BCUT2D eigenvalue weighted by atomic mass is 16.4. The fraction of sp³-hybridized carbons (Fsp3) is 0. The van der Waals surface area contributed by atoms with Crippen LogP contribution in [-0.4, -0.2) is 21.8 Å². The van der Waals surface area contributed by atoms with Crippen LogP contribution < -0.4 is 10.6 Å². The van der Waals surface area contributed by atoms with Gasteiger partial charge in [0, 0.05) is 11.4 Å². The average Bonchev–Trinajstić information content (AvgIpc) is 3.21. The summed E-state index contributed by atoms with van der Waals surface area (Å²) in [5, 5.41) is 5.21. The van der Waals surface area contributed by atoms with Crippen LogP contribution in [0.5, 0.6) is 0 Å². The van der Waals surface area contributed by atoms with Gasteiger partial charge in [-0.05, 0) is 18.2 Å². The molecule has 0 spiro atoms. The van der Waals surface area contributed by atoms with Crippen LogP contribution in [-0.2, 0) is 0 Å². The largest absolute Gasteiger partial charge is 0.441 e. The Kier molecular flexibility index (Phi) is 3.65. The molecule has 1 aromatic carbocycles. The number of anilines is 2. The van der Waals surface area contributed by atoms with Crippen molar-refractivity contribution in [1.29, 1.82) is 0 Å². The van der Waals surface area contributed by atoms with Gasteiger partial charge in [0.1, 0.15) is 12.5 Å². The topological polar surface area (TPSA) is 110 Å². The van der Waals surface area contributed by atoms with Gasteiger partial charge >= 0.3 is 11.8 Å². The van der Waals surface area contributed by atoms with E-state index in [2.05, 4.69) is 20.6 Å². The Hall–Kier alpha value is -3.42. The lowest BCUT2D eigenvalue weighted by atomic mass is 10.2. The maximum Gasteiger partial charge on any atom is 0.311 e. The summed E-state index contributed by atoms with van der Waals surface area (Å²) < 4.78 is 9.80. The smallest absolute Gasteiger partial charge is 0.311 e. The van der Waals surface area contributed by atoms with Crippen molar-refractivity contribution in [3.05, 3.63) is 61.0 Å². The molecule has 0 radical (unpaired) electrons. The first-order chi connectivity index (χ1) is 10.7. The van der Waals surface area contributed by atoms with Gasteiger partial charge in [0.2, 0.25) is 0 Å². The third-order valence-corrected chi connectivity index (χ3v) is 2.63. The van der Waals surface area contributed by atoms with E-state index >= 15 is 0 Å². The molecule has 110 valence electrons. The number of benzene rings is 1. The number of carbonyl (C=O) groups is 2. The van der Waals surface area contributed by atoms with Crippen molar-refractivity contribution in [1.82, 2.24) is 9.97 Å². The molecule has 0 atom stereocenters. The van der Waals surface area contributed by atoms with E-state index in [0.717, 1.165) is 0 Å². The highest BCUT2D eigenvalue weighted by molar-refractivity contribution is 6.03. The Bertz CT molecular complexity index is 718. The molecule has 2 heterocycles. The van der Waals surface area contributed by atoms with Crippen LogP contribution in [0.25, 0.3) is 0 Å². The summed E-state index contributed by atoms with van der Waals surface area (Å²) in [7, 11) is 0. The van der Waals surface area contributed by atoms with E-state index in [1.165, 1.54) is 24.9 Å². The summed E-state index contributed by atoms with van der Waals surface area (Å²) in [6, 6.07) is 6.60. The standard InChI is InChI=1S/C14H10N4O4/c19-11(13-15-4-6-21-13)17-9-2-1-3-10(8-9)18-12(20)14-16-5-7-22-14/h1-8H,(H,17,19)(H,18,20). The van der Waals surface area contributed by atoms with E-state index in [9.17, 15) is 9.59 Å². The molecule has 0 aliphatic carbocycles. The second-order valence-corrected chi connectivity index (χ2v) is 4.16. The molecule has 2 aromatic heterocycles. The summed E-state index contributed by atoms with van der Waals surface area (Å²) in [4.78, 5) is 31.1. The average molecular weight is 298 g/mol. The van der Waals surface area contributed by atoms with Gasteiger partial charge < -0.3 is 19.5 Å². The molecule has 8 heteroatoms. The van der Waals surface area contributed by atoms with Gasteiger partial charge in [-0.25, -0.2) is 9.97 Å². The molecule has 0 fully saturated rings. The predicted molar refractivity (Wildman–Crippen MR) is 75.4 cm³/mol. The molecular weight excluding hydrogens is 288 g/mol. The molecule has 0 bridgehead atoms. The molecule has 0 saturated carbocycles. The lowest BCUT2D eigenvalue weighted by Crippen LogP contribution is -2.14. The van der Waals surface area contributed by atoms with Crippen LogP contribution in [0.15, 0.2) is 58.0 Å². The number of nitrogens with one attached hydrogen (secondary N) is 2. The van der Waals surface area contributed by atoms with E-state index in [4.69, 9.17) is 8.83 Å². The monoisotopic (exact) mass is 298 g/mol. The third-order valence-electron chi connectivity index (χ3n) is 2.63. The van der Waals surface area contributed by atoms with Crippen molar-refractivity contribution >= 4 is 23.2 Å². The number of hydrogen-bond donors (Lipinski definition) is 2. The van der Waals surface area contributed by atoms with Crippen LogP contribution in [0.3, 0.4) is 0 Å². The Balaban J connectivity index is 1.70. The van der Waals surface area contributed by atoms with Crippen molar-refractivity contribution in [2.45, 2.75) is 0 Å². The fourth-order valence-electron chi connectivity index (χ4n) is 1.71. The Morgan fingerprint density at radius 2 is 1.36 bits per heavy atom. The second-order valence-electron chi connectivity index (χ2n) is 4.16. The maximum atomic E-state index is 11.8. The van der Waals surface area contributed by atoms with E-state index in [1.807, 2.05) is 0 Å². The first kappa shape index (κ1) is 13.6. The van der Waals surface area contributed by atoms with Gasteiger partial charge in [-0.3, -0.25) is 9.59 Å². The molecule has 2 amide bonds. The number of nitrogens with zero attached hydrogens (tertiary/aromatic N) is 2. The Morgan fingerprint density at radius 1 is 0.864 bits per heavy atom. The number of oxazole rings is 2. The molecule has 2 N–H and O–H groups in total. The third kappa shape index (κ3) is 3.01.